The summed E-state index contributed by atoms with van der Waals surface area (Å²) in [5.41, 5.74) is -1.02. The number of Topliss-reactive ketones (excluding diaryl/α,β-unsaturated/α-hetero) is 1. The van der Waals surface area contributed by atoms with E-state index in [2.05, 4.69) is 4.72 Å². The zero-order valence-corrected chi connectivity index (χ0v) is 16.6. The van der Waals surface area contributed by atoms with E-state index in [0.717, 1.165) is 23.7 Å². The summed E-state index contributed by atoms with van der Waals surface area (Å²) in [4.78, 5) is 36.2. The van der Waals surface area contributed by atoms with Crippen LogP contribution in [0.2, 0.25) is 0 Å². The predicted molar refractivity (Wildman–Crippen MR) is 103 cm³/mol. The van der Waals surface area contributed by atoms with Crippen LogP contribution in [0.3, 0.4) is 0 Å². The molecule has 1 rings (SSSR count). The first-order valence-corrected chi connectivity index (χ1v) is 10.1. The second-order valence-corrected chi connectivity index (χ2v) is 8.32. The molecular formula is C18H25NO4S2. The number of thioether (sulfide) groups is 1. The number of nitrogens with one attached hydrogen (secondary N) is 1. The number of carboxylic acid groups (broad SMARTS) is 1. The van der Waals surface area contributed by atoms with Crippen LogP contribution in [0.25, 0.3) is 0 Å². The van der Waals surface area contributed by atoms with Crippen molar-refractivity contribution in [2.75, 3.05) is 5.08 Å². The van der Waals surface area contributed by atoms with E-state index in [4.69, 9.17) is 0 Å². The third kappa shape index (κ3) is 5.33. The van der Waals surface area contributed by atoms with Crippen LogP contribution in [0.4, 0.5) is 0 Å². The van der Waals surface area contributed by atoms with Gasteiger partial charge in [0.05, 0.1) is 11.0 Å². The first kappa shape index (κ1) is 21.7. The van der Waals surface area contributed by atoms with Gasteiger partial charge < -0.3 is 5.11 Å². The lowest BCUT2D eigenvalue weighted by Crippen LogP contribution is -2.56. The van der Waals surface area contributed by atoms with E-state index in [-0.39, 0.29) is 23.2 Å². The van der Waals surface area contributed by atoms with Crippen molar-refractivity contribution in [1.29, 1.82) is 0 Å². The van der Waals surface area contributed by atoms with E-state index in [0.29, 0.717) is 10.6 Å². The third-order valence-corrected chi connectivity index (χ3v) is 5.76. The molecule has 138 valence electrons. The third-order valence-electron chi connectivity index (χ3n) is 3.95. The maximum absolute atomic E-state index is 12.6. The number of aliphatic carboxylic acids is 1. The van der Waals surface area contributed by atoms with Gasteiger partial charge in [-0.3, -0.25) is 9.59 Å². The Morgan fingerprint density at radius 2 is 1.80 bits per heavy atom. The molecule has 0 saturated heterocycles. The number of rotatable bonds is 10. The van der Waals surface area contributed by atoms with Crippen LogP contribution in [-0.2, 0) is 19.9 Å². The largest absolute Gasteiger partial charge is 0.480 e. The molecule has 0 aliphatic heterocycles. The normalized spacial score (nSPS) is 14.8. The molecule has 7 heteroatoms. The highest BCUT2D eigenvalue weighted by molar-refractivity contribution is 8.23. The fraction of sp³-hybridized carbons (Fsp3) is 0.500. The molecule has 0 aliphatic carbocycles. The lowest BCUT2D eigenvalue weighted by atomic mass is 9.70. The highest BCUT2D eigenvalue weighted by Crippen LogP contribution is 2.38. The van der Waals surface area contributed by atoms with Crippen LogP contribution in [0.15, 0.2) is 30.3 Å². The van der Waals surface area contributed by atoms with Gasteiger partial charge in [-0.1, -0.05) is 74.8 Å². The molecule has 0 fully saturated rings. The summed E-state index contributed by atoms with van der Waals surface area (Å²) >= 11 is 2.24. The zero-order valence-electron chi connectivity index (χ0n) is 14.9. The molecule has 0 heterocycles. The summed E-state index contributed by atoms with van der Waals surface area (Å²) in [7, 11) is 0. The minimum Gasteiger partial charge on any atom is -0.480 e. The molecule has 5 nitrogen and oxygen atoms in total. The van der Waals surface area contributed by atoms with Gasteiger partial charge in [0.1, 0.15) is 5.78 Å². The van der Waals surface area contributed by atoms with E-state index in [1.807, 2.05) is 13.8 Å². The van der Waals surface area contributed by atoms with Gasteiger partial charge in [-0.05, 0) is 11.5 Å². The molecule has 1 aromatic rings. The SMILES string of the molecule is CCC(=O)[C@@H](C(C)C)[C@](NSCSC(C)=O)(C(=O)O)c1ccccc1. The van der Waals surface area contributed by atoms with Crippen LogP contribution in [0, 0.1) is 11.8 Å². The van der Waals surface area contributed by atoms with Crippen molar-refractivity contribution in [2.24, 2.45) is 11.8 Å². The van der Waals surface area contributed by atoms with Gasteiger partial charge in [-0.15, -0.1) is 0 Å². The van der Waals surface area contributed by atoms with Crippen molar-refractivity contribution in [1.82, 2.24) is 4.72 Å². The Morgan fingerprint density at radius 3 is 2.24 bits per heavy atom. The Labute approximate surface area is 157 Å². The second kappa shape index (κ2) is 9.99. The van der Waals surface area contributed by atoms with Gasteiger partial charge in [0.2, 0.25) is 0 Å². The molecule has 0 bridgehead atoms. The van der Waals surface area contributed by atoms with E-state index in [1.165, 1.54) is 6.92 Å². The Morgan fingerprint density at radius 1 is 1.20 bits per heavy atom. The molecule has 0 unspecified atom stereocenters. The molecule has 2 N–H and O–H groups in total. The van der Waals surface area contributed by atoms with Crippen molar-refractivity contribution in [3.05, 3.63) is 35.9 Å². The van der Waals surface area contributed by atoms with Gasteiger partial charge >= 0.3 is 5.97 Å². The number of hydrogen-bond donors (Lipinski definition) is 2. The summed E-state index contributed by atoms with van der Waals surface area (Å²) < 4.78 is 3.02. The lowest BCUT2D eigenvalue weighted by Gasteiger charge is -2.39. The summed E-state index contributed by atoms with van der Waals surface area (Å²) in [6.07, 6.45) is 0.263. The number of ketones is 1. The van der Waals surface area contributed by atoms with Crippen molar-refractivity contribution >= 4 is 40.6 Å². The zero-order chi connectivity index (χ0) is 19.0. The summed E-state index contributed by atoms with van der Waals surface area (Å²) in [5, 5.41) is 10.5. The predicted octanol–water partition coefficient (Wildman–Crippen LogP) is 3.69. The van der Waals surface area contributed by atoms with Crippen molar-refractivity contribution < 1.29 is 19.5 Å². The van der Waals surface area contributed by atoms with E-state index < -0.39 is 17.4 Å². The molecule has 25 heavy (non-hydrogen) atoms. The van der Waals surface area contributed by atoms with E-state index >= 15 is 0 Å². The molecule has 0 amide bonds. The highest BCUT2D eigenvalue weighted by Gasteiger charge is 2.51. The van der Waals surface area contributed by atoms with Crippen molar-refractivity contribution in [3.8, 4) is 0 Å². The maximum Gasteiger partial charge on any atom is 0.330 e. The second-order valence-electron chi connectivity index (χ2n) is 6.02. The monoisotopic (exact) mass is 383 g/mol. The molecular weight excluding hydrogens is 358 g/mol. The van der Waals surface area contributed by atoms with Crippen molar-refractivity contribution in [3.63, 3.8) is 0 Å². The number of carbonyl (C=O) groups is 3. The molecule has 0 spiro atoms. The topological polar surface area (TPSA) is 83.5 Å². The molecule has 0 aromatic heterocycles. The standard InChI is InChI=1S/C18H25NO4S2/c1-5-15(21)16(12(2)3)18(17(22)23,14-9-7-6-8-10-14)19-25-11-24-13(4)20/h6-10,12,16,19H,5,11H2,1-4H3,(H,22,23)/t16-,18+/m1/s1. The maximum atomic E-state index is 12.6. The van der Waals surface area contributed by atoms with Crippen LogP contribution in [0.1, 0.15) is 39.7 Å². The van der Waals surface area contributed by atoms with Gasteiger partial charge in [0.25, 0.3) is 0 Å². The van der Waals surface area contributed by atoms with Gasteiger partial charge in [-0.2, -0.15) is 0 Å². The first-order valence-electron chi connectivity index (χ1n) is 8.11. The molecule has 0 aliphatic rings. The van der Waals surface area contributed by atoms with Gasteiger partial charge in [-0.25, -0.2) is 9.52 Å². The van der Waals surface area contributed by atoms with Crippen LogP contribution in [-0.4, -0.2) is 27.1 Å². The highest BCUT2D eigenvalue weighted by atomic mass is 32.2. The summed E-state index contributed by atoms with van der Waals surface area (Å²) in [5.74, 6) is -2.10. The Hall–Kier alpha value is -1.31. The Balaban J connectivity index is 3.37. The molecule has 2 atom stereocenters. The fourth-order valence-corrected chi connectivity index (χ4v) is 4.59. The van der Waals surface area contributed by atoms with Crippen LogP contribution >= 0.6 is 23.7 Å². The number of hydrogen-bond acceptors (Lipinski definition) is 6. The van der Waals surface area contributed by atoms with Crippen LogP contribution in [0.5, 0.6) is 0 Å². The molecule has 0 radical (unpaired) electrons. The van der Waals surface area contributed by atoms with E-state index in [9.17, 15) is 19.5 Å². The smallest absolute Gasteiger partial charge is 0.330 e. The van der Waals surface area contributed by atoms with Gasteiger partial charge in [0, 0.05) is 13.3 Å². The minimum atomic E-state index is -1.55. The summed E-state index contributed by atoms with van der Waals surface area (Å²) in [6.45, 7) is 6.92. The number of carboxylic acids is 1. The fourth-order valence-electron chi connectivity index (χ4n) is 2.89. The Kier molecular flexibility index (Phi) is 8.68. The summed E-state index contributed by atoms with van der Waals surface area (Å²) in [6, 6.07) is 8.77. The average Bonchev–Trinajstić information content (AvgIpc) is 2.57. The van der Waals surface area contributed by atoms with Gasteiger partial charge in [0.15, 0.2) is 10.7 Å². The van der Waals surface area contributed by atoms with Crippen LogP contribution < -0.4 is 4.72 Å². The first-order chi connectivity index (χ1) is 11.8. The number of carbonyl (C=O) groups excluding carboxylic acids is 2. The average molecular weight is 384 g/mol. The van der Waals surface area contributed by atoms with Crippen molar-refractivity contribution in [2.45, 2.75) is 39.7 Å². The molecule has 0 saturated carbocycles. The number of benzene rings is 1. The Bertz CT molecular complexity index is 606. The quantitative estimate of drug-likeness (QED) is 0.362. The van der Waals surface area contributed by atoms with E-state index in [1.54, 1.807) is 37.3 Å². The minimum absolute atomic E-state index is 0.0417. The lowest BCUT2D eigenvalue weighted by molar-refractivity contribution is -0.151. The molecule has 1 aromatic carbocycles.